The van der Waals surface area contributed by atoms with Crippen LogP contribution >= 0.6 is 11.6 Å². The van der Waals surface area contributed by atoms with Crippen LogP contribution in [-0.2, 0) is 36.8 Å². The Morgan fingerprint density at radius 1 is 1.13 bits per heavy atom. The molecular formula is C33H41ClFN3O7. The molecule has 1 aliphatic carbocycles. The summed E-state index contributed by atoms with van der Waals surface area (Å²) in [5.74, 6) is -0.941. The quantitative estimate of drug-likeness (QED) is 0.439. The monoisotopic (exact) mass is 645 g/mol. The van der Waals surface area contributed by atoms with Gasteiger partial charge in [0.15, 0.2) is 18.1 Å². The van der Waals surface area contributed by atoms with E-state index in [0.29, 0.717) is 30.3 Å². The molecule has 2 aromatic rings. The lowest BCUT2D eigenvalue weighted by Gasteiger charge is -2.32. The average molecular weight is 646 g/mol. The van der Waals surface area contributed by atoms with Crippen molar-refractivity contribution in [3.8, 4) is 11.5 Å². The number of carbonyl (C=O) groups excluding carboxylic acids is 4. The van der Waals surface area contributed by atoms with Gasteiger partial charge in [0, 0.05) is 43.2 Å². The fraction of sp³-hybridized carbons (Fsp3) is 0.515. The summed E-state index contributed by atoms with van der Waals surface area (Å²) in [5.41, 5.74) is -0.150. The third-order valence-electron chi connectivity index (χ3n) is 8.12. The summed E-state index contributed by atoms with van der Waals surface area (Å²) in [5, 5.41) is 5.85. The third kappa shape index (κ3) is 9.56. The molecule has 3 amide bonds. The summed E-state index contributed by atoms with van der Waals surface area (Å²) in [4.78, 5) is 54.0. The van der Waals surface area contributed by atoms with Crippen molar-refractivity contribution in [2.75, 3.05) is 46.5 Å². The van der Waals surface area contributed by atoms with Crippen LogP contribution in [0.3, 0.4) is 0 Å². The molecule has 12 heteroatoms. The first kappa shape index (κ1) is 34.0. The molecule has 1 atom stereocenters. The van der Waals surface area contributed by atoms with Crippen molar-refractivity contribution in [3.63, 3.8) is 0 Å². The molecule has 1 unspecified atom stereocenters. The van der Waals surface area contributed by atoms with Crippen LogP contribution in [0.4, 0.5) is 4.39 Å². The minimum Gasteiger partial charge on any atom is -0.493 e. The maximum atomic E-state index is 14.4. The Morgan fingerprint density at radius 3 is 2.64 bits per heavy atom. The van der Waals surface area contributed by atoms with Crippen LogP contribution in [-0.4, -0.2) is 75.1 Å². The smallest absolute Gasteiger partial charge is 0.314 e. The van der Waals surface area contributed by atoms with Gasteiger partial charge in [0.25, 0.3) is 5.91 Å². The molecule has 1 heterocycles. The Labute approximate surface area is 267 Å². The van der Waals surface area contributed by atoms with E-state index in [9.17, 15) is 23.6 Å². The van der Waals surface area contributed by atoms with E-state index in [1.807, 2.05) is 6.07 Å². The highest BCUT2D eigenvalue weighted by Gasteiger charge is 2.44. The molecule has 4 rings (SSSR count). The summed E-state index contributed by atoms with van der Waals surface area (Å²) in [6.45, 7) is 2.17. The highest BCUT2D eigenvalue weighted by Crippen LogP contribution is 2.43. The van der Waals surface area contributed by atoms with Crippen LogP contribution in [0.2, 0.25) is 5.02 Å². The van der Waals surface area contributed by atoms with Gasteiger partial charge in [0.1, 0.15) is 5.82 Å². The lowest BCUT2D eigenvalue weighted by molar-refractivity contribution is -0.156. The van der Waals surface area contributed by atoms with Crippen LogP contribution in [0.25, 0.3) is 0 Å². The van der Waals surface area contributed by atoms with E-state index in [-0.39, 0.29) is 81.1 Å². The van der Waals surface area contributed by atoms with Crippen molar-refractivity contribution >= 4 is 35.3 Å². The predicted octanol–water partition coefficient (Wildman–Crippen LogP) is 3.86. The second-order valence-electron chi connectivity index (χ2n) is 11.6. The van der Waals surface area contributed by atoms with Crippen molar-refractivity contribution in [2.24, 2.45) is 11.3 Å². The number of nitrogens with one attached hydrogen (secondary N) is 2. The van der Waals surface area contributed by atoms with Gasteiger partial charge in [0.05, 0.1) is 25.6 Å². The minimum atomic E-state index is -1.01. The van der Waals surface area contributed by atoms with E-state index in [4.69, 9.17) is 25.8 Å². The second-order valence-corrected chi connectivity index (χ2v) is 12.0. The Bertz CT molecular complexity index is 1370. The number of fused-ring (bicyclic) bond motifs is 2. The van der Waals surface area contributed by atoms with Crippen LogP contribution in [0.5, 0.6) is 11.5 Å². The molecule has 0 radical (unpaired) electrons. The minimum absolute atomic E-state index is 0.0836. The van der Waals surface area contributed by atoms with Gasteiger partial charge in [-0.05, 0) is 61.9 Å². The van der Waals surface area contributed by atoms with E-state index in [1.165, 1.54) is 30.2 Å². The van der Waals surface area contributed by atoms with Gasteiger partial charge in [-0.3, -0.25) is 19.2 Å². The molecule has 2 aliphatic rings. The third-order valence-corrected chi connectivity index (χ3v) is 8.47. The predicted molar refractivity (Wildman–Crippen MR) is 166 cm³/mol. The molecule has 0 spiro atoms. The summed E-state index contributed by atoms with van der Waals surface area (Å²) >= 11 is 6.15. The Hall–Kier alpha value is -3.86. The molecular weight excluding hydrogens is 605 g/mol. The van der Waals surface area contributed by atoms with Gasteiger partial charge < -0.3 is 29.7 Å². The van der Waals surface area contributed by atoms with Gasteiger partial charge in [0.2, 0.25) is 11.8 Å². The maximum absolute atomic E-state index is 14.4. The second kappa shape index (κ2) is 15.9. The van der Waals surface area contributed by atoms with Crippen LogP contribution in [0.15, 0.2) is 36.4 Å². The maximum Gasteiger partial charge on any atom is 0.314 e. The summed E-state index contributed by atoms with van der Waals surface area (Å²) in [6, 6.07) is 9.52. The number of hydrogen-bond acceptors (Lipinski definition) is 7. The molecule has 10 nitrogen and oxygen atoms in total. The Morgan fingerprint density at radius 2 is 1.93 bits per heavy atom. The number of benzene rings is 2. The number of carbonyl (C=O) groups is 4. The SMILES string of the molecule is CCOC(=O)C1(CC2CC2)CNC(=O)CCCN(C(=O)Cc2c(F)cccc2Cl)CCNC(=O)COc2cc(ccc2OC)C1. The Kier molecular flexibility index (Phi) is 12.0. The molecule has 1 aliphatic heterocycles. The zero-order valence-electron chi connectivity index (χ0n) is 25.8. The van der Waals surface area contributed by atoms with Crippen molar-refractivity contribution < 1.29 is 37.8 Å². The molecule has 1 saturated carbocycles. The highest BCUT2D eigenvalue weighted by atomic mass is 35.5. The van der Waals surface area contributed by atoms with E-state index < -0.39 is 23.0 Å². The molecule has 45 heavy (non-hydrogen) atoms. The first-order chi connectivity index (χ1) is 21.6. The molecule has 2 aromatic carbocycles. The first-order valence-electron chi connectivity index (χ1n) is 15.3. The molecule has 2 bridgehead atoms. The largest absolute Gasteiger partial charge is 0.493 e. The fourth-order valence-corrected chi connectivity index (χ4v) is 5.79. The van der Waals surface area contributed by atoms with Gasteiger partial charge in [-0.2, -0.15) is 0 Å². The van der Waals surface area contributed by atoms with Gasteiger partial charge >= 0.3 is 5.97 Å². The number of esters is 1. The highest BCUT2D eigenvalue weighted by molar-refractivity contribution is 6.31. The topological polar surface area (TPSA) is 123 Å². The number of halogens is 2. The summed E-state index contributed by atoms with van der Waals surface area (Å²) in [7, 11) is 1.49. The van der Waals surface area contributed by atoms with Gasteiger partial charge in [-0.15, -0.1) is 0 Å². The zero-order chi connectivity index (χ0) is 32.4. The first-order valence-corrected chi connectivity index (χ1v) is 15.7. The van der Waals surface area contributed by atoms with E-state index in [2.05, 4.69) is 10.6 Å². The molecule has 1 fully saturated rings. The number of rotatable bonds is 7. The van der Waals surface area contributed by atoms with Crippen molar-refractivity contribution in [3.05, 3.63) is 58.4 Å². The molecule has 0 saturated heterocycles. The standard InChI is InChI=1S/C33H41ClFN3O7/c1-3-44-32(42)33(18-22-9-10-22)19-23-11-12-27(43-2)28(16-23)45-20-30(40)36-13-15-38(14-5-8-29(39)37-21-33)31(41)17-24-25(34)6-4-7-26(24)35/h4,6-7,11-12,16,22H,3,5,8-10,13-15,17-21H2,1-2H3,(H,36,40)(H,37,39). The fourth-order valence-electron chi connectivity index (χ4n) is 5.56. The van der Waals surface area contributed by atoms with Crippen LogP contribution in [0, 0.1) is 17.2 Å². The normalized spacial score (nSPS) is 20.1. The lowest BCUT2D eigenvalue weighted by atomic mass is 9.76. The summed E-state index contributed by atoms with van der Waals surface area (Å²) in [6.07, 6.45) is 2.99. The number of nitrogens with zero attached hydrogens (tertiary/aromatic N) is 1. The zero-order valence-corrected chi connectivity index (χ0v) is 26.6. The molecule has 0 aromatic heterocycles. The van der Waals surface area contributed by atoms with Crippen molar-refractivity contribution in [1.29, 1.82) is 0 Å². The number of amides is 3. The lowest BCUT2D eigenvalue weighted by Crippen LogP contribution is -2.46. The van der Waals surface area contributed by atoms with E-state index in [0.717, 1.165) is 18.4 Å². The summed E-state index contributed by atoms with van der Waals surface area (Å²) < 4.78 is 31.2. The number of ether oxygens (including phenoxy) is 3. The van der Waals surface area contributed by atoms with Gasteiger partial charge in [-0.1, -0.05) is 36.6 Å². The van der Waals surface area contributed by atoms with E-state index in [1.54, 1.807) is 19.1 Å². The van der Waals surface area contributed by atoms with Crippen molar-refractivity contribution in [2.45, 2.75) is 51.9 Å². The Balaban J connectivity index is 1.58. The van der Waals surface area contributed by atoms with Crippen molar-refractivity contribution in [1.82, 2.24) is 15.5 Å². The van der Waals surface area contributed by atoms with Gasteiger partial charge in [-0.25, -0.2) is 4.39 Å². The molecule has 244 valence electrons. The number of hydrogen-bond donors (Lipinski definition) is 2. The number of methoxy groups -OCH3 is 1. The average Bonchev–Trinajstić information content (AvgIpc) is 3.83. The van der Waals surface area contributed by atoms with Crippen LogP contribution in [0.1, 0.15) is 50.2 Å². The van der Waals surface area contributed by atoms with E-state index >= 15 is 0 Å². The molecule has 2 N–H and O–H groups in total. The van der Waals surface area contributed by atoms with Crippen LogP contribution < -0.4 is 20.1 Å².